The largest absolute Gasteiger partial charge is 0.508 e. The van der Waals surface area contributed by atoms with E-state index in [-0.39, 0.29) is 39.9 Å². The predicted molar refractivity (Wildman–Crippen MR) is 153 cm³/mol. The van der Waals surface area contributed by atoms with E-state index in [0.717, 1.165) is 38.9 Å². The van der Waals surface area contributed by atoms with Gasteiger partial charge >= 0.3 is 6.01 Å². The number of hydrogen-bond donors (Lipinski definition) is 2. The number of likely N-dealkylation sites (tertiary alicyclic amines) is 1. The molecular formula is C29H28Cl2FN5O2. The predicted octanol–water partition coefficient (Wildman–Crippen LogP) is 5.63. The molecule has 0 unspecified atom stereocenters. The van der Waals surface area contributed by atoms with Crippen molar-refractivity contribution in [3.8, 4) is 22.9 Å². The number of rotatable bonds is 5. The average Bonchev–Trinajstić information content (AvgIpc) is 3.65. The topological polar surface area (TPSA) is 73.8 Å². The zero-order chi connectivity index (χ0) is 26.8. The van der Waals surface area contributed by atoms with E-state index in [1.54, 1.807) is 24.3 Å². The van der Waals surface area contributed by atoms with Gasteiger partial charge in [0.25, 0.3) is 0 Å². The number of nitrogens with zero attached hydrogens (tertiary/aromatic N) is 4. The number of aromatic hydroxyl groups is 1. The summed E-state index contributed by atoms with van der Waals surface area (Å²) in [6.45, 7) is 3.08. The molecule has 0 spiro atoms. The van der Waals surface area contributed by atoms with E-state index >= 15 is 4.39 Å². The fraction of sp³-hybridized carbons (Fsp3) is 0.379. The number of anilines is 1. The second-order valence-corrected chi connectivity index (χ2v) is 11.7. The third-order valence-electron chi connectivity index (χ3n) is 8.43. The van der Waals surface area contributed by atoms with Crippen molar-refractivity contribution >= 4 is 50.7 Å². The lowest BCUT2D eigenvalue weighted by molar-refractivity contribution is 0.188. The first-order valence-electron chi connectivity index (χ1n) is 13.3. The summed E-state index contributed by atoms with van der Waals surface area (Å²) in [5.41, 5.74) is 0.669. The molecule has 0 amide bonds. The molecule has 7 nitrogen and oxygen atoms in total. The Hall–Kier alpha value is -2.91. The van der Waals surface area contributed by atoms with E-state index in [0.29, 0.717) is 45.2 Å². The smallest absolute Gasteiger partial charge is 0.319 e. The molecule has 3 aliphatic heterocycles. The molecule has 202 valence electrons. The molecule has 3 atom stereocenters. The number of hydrogen-bond acceptors (Lipinski definition) is 7. The molecule has 0 aliphatic carbocycles. The zero-order valence-electron chi connectivity index (χ0n) is 21.4. The highest BCUT2D eigenvalue weighted by Crippen LogP contribution is 2.45. The molecule has 0 saturated carbocycles. The highest BCUT2D eigenvalue weighted by molar-refractivity contribution is 6.38. The summed E-state index contributed by atoms with van der Waals surface area (Å²) in [6, 6.07) is 11.2. The number of nitrogens with one attached hydrogen (secondary N) is 1. The summed E-state index contributed by atoms with van der Waals surface area (Å²) < 4.78 is 22.8. The van der Waals surface area contributed by atoms with Gasteiger partial charge in [-0.1, -0.05) is 35.3 Å². The van der Waals surface area contributed by atoms with Crippen molar-refractivity contribution in [2.75, 3.05) is 38.2 Å². The first-order chi connectivity index (χ1) is 18.9. The highest BCUT2D eigenvalue weighted by Gasteiger charge is 2.39. The molecule has 0 radical (unpaired) electrons. The molecular weight excluding hydrogens is 540 g/mol. The van der Waals surface area contributed by atoms with E-state index in [1.807, 2.05) is 6.07 Å². The van der Waals surface area contributed by atoms with Crippen molar-refractivity contribution in [3.63, 3.8) is 0 Å². The SMILES string of the molecule is CN1CCC[C@H]1COc1nc(N2C[C@H]3C[C@@H]2CN3)c2cc(Cl)c(-c3cc(O)cc4cccc(Cl)c34)c(F)c2n1. The quantitative estimate of drug-likeness (QED) is 0.324. The van der Waals surface area contributed by atoms with Crippen molar-refractivity contribution in [2.24, 2.45) is 0 Å². The highest BCUT2D eigenvalue weighted by atomic mass is 35.5. The molecule has 3 aromatic carbocycles. The van der Waals surface area contributed by atoms with Gasteiger partial charge in [0.1, 0.15) is 23.7 Å². The van der Waals surface area contributed by atoms with Gasteiger partial charge in [-0.3, -0.25) is 0 Å². The van der Waals surface area contributed by atoms with Crippen molar-refractivity contribution in [1.82, 2.24) is 20.2 Å². The second kappa shape index (κ2) is 9.63. The normalized spacial score (nSPS) is 23.0. The summed E-state index contributed by atoms with van der Waals surface area (Å²) in [5, 5.41) is 16.4. The average molecular weight is 568 g/mol. The van der Waals surface area contributed by atoms with E-state index in [2.05, 4.69) is 27.1 Å². The summed E-state index contributed by atoms with van der Waals surface area (Å²) in [6.07, 6.45) is 3.17. The minimum Gasteiger partial charge on any atom is -0.508 e. The van der Waals surface area contributed by atoms with Crippen molar-refractivity contribution in [3.05, 3.63) is 52.3 Å². The van der Waals surface area contributed by atoms with Crippen LogP contribution >= 0.6 is 23.2 Å². The number of piperazine rings is 1. The minimum absolute atomic E-state index is 0.0102. The third-order valence-corrected chi connectivity index (χ3v) is 9.04. The number of phenols is 1. The van der Waals surface area contributed by atoms with Crippen LogP contribution in [0.15, 0.2) is 36.4 Å². The lowest BCUT2D eigenvalue weighted by Gasteiger charge is -2.30. The monoisotopic (exact) mass is 567 g/mol. The van der Waals surface area contributed by atoms with Crippen molar-refractivity contribution in [1.29, 1.82) is 0 Å². The van der Waals surface area contributed by atoms with Crippen LogP contribution in [0.4, 0.5) is 10.2 Å². The van der Waals surface area contributed by atoms with Gasteiger partial charge in [-0.05, 0) is 68.1 Å². The number of aromatic nitrogens is 2. The third kappa shape index (κ3) is 4.25. The Labute approximate surface area is 235 Å². The molecule has 2 N–H and O–H groups in total. The van der Waals surface area contributed by atoms with Gasteiger partial charge in [0.2, 0.25) is 0 Å². The Morgan fingerprint density at radius 3 is 2.79 bits per heavy atom. The van der Waals surface area contributed by atoms with Crippen LogP contribution in [0.2, 0.25) is 10.0 Å². The first-order valence-corrected chi connectivity index (χ1v) is 14.1. The van der Waals surface area contributed by atoms with Gasteiger partial charge in [-0.25, -0.2) is 4.39 Å². The molecule has 10 heteroatoms. The first kappa shape index (κ1) is 25.1. The van der Waals surface area contributed by atoms with Crippen molar-refractivity contribution < 1.29 is 14.2 Å². The molecule has 3 saturated heterocycles. The van der Waals surface area contributed by atoms with Gasteiger partial charge in [0, 0.05) is 52.6 Å². The zero-order valence-corrected chi connectivity index (χ0v) is 22.9. The van der Waals surface area contributed by atoms with Crippen LogP contribution in [0.5, 0.6) is 11.8 Å². The van der Waals surface area contributed by atoms with Crippen LogP contribution in [-0.4, -0.2) is 71.4 Å². The lowest BCUT2D eigenvalue weighted by Crippen LogP contribution is -2.44. The van der Waals surface area contributed by atoms with Gasteiger partial charge in [-0.15, -0.1) is 0 Å². The number of fused-ring (bicyclic) bond motifs is 4. The van der Waals surface area contributed by atoms with Crippen LogP contribution in [0, 0.1) is 5.82 Å². The second-order valence-electron chi connectivity index (χ2n) is 10.8. The van der Waals surface area contributed by atoms with Gasteiger partial charge < -0.3 is 25.0 Å². The maximum absolute atomic E-state index is 16.7. The Kier molecular flexibility index (Phi) is 6.19. The fourth-order valence-corrected chi connectivity index (χ4v) is 7.01. The fourth-order valence-electron chi connectivity index (χ4n) is 6.43. The van der Waals surface area contributed by atoms with E-state index in [4.69, 9.17) is 32.9 Å². The molecule has 4 heterocycles. The van der Waals surface area contributed by atoms with Crippen LogP contribution in [-0.2, 0) is 0 Å². The number of ether oxygens (including phenoxy) is 1. The van der Waals surface area contributed by atoms with E-state index < -0.39 is 5.82 Å². The van der Waals surface area contributed by atoms with Crippen LogP contribution in [0.1, 0.15) is 19.3 Å². The van der Waals surface area contributed by atoms with E-state index in [9.17, 15) is 5.11 Å². The maximum atomic E-state index is 16.7. The van der Waals surface area contributed by atoms with Crippen LogP contribution in [0.3, 0.4) is 0 Å². The molecule has 2 bridgehead atoms. The molecule has 39 heavy (non-hydrogen) atoms. The maximum Gasteiger partial charge on any atom is 0.319 e. The molecule has 3 fully saturated rings. The van der Waals surface area contributed by atoms with Gasteiger partial charge in [-0.2, -0.15) is 9.97 Å². The summed E-state index contributed by atoms with van der Waals surface area (Å²) in [4.78, 5) is 13.9. The molecule has 3 aliphatic rings. The number of likely N-dealkylation sites (N-methyl/N-ethyl adjacent to an activating group) is 1. The number of benzene rings is 3. The minimum atomic E-state index is -0.599. The van der Waals surface area contributed by atoms with Crippen LogP contribution < -0.4 is 15.0 Å². The van der Waals surface area contributed by atoms with Gasteiger partial charge in [0.15, 0.2) is 5.82 Å². The molecule has 4 aromatic rings. The van der Waals surface area contributed by atoms with Crippen LogP contribution in [0.25, 0.3) is 32.8 Å². The summed E-state index contributed by atoms with van der Waals surface area (Å²) >= 11 is 13.4. The van der Waals surface area contributed by atoms with Gasteiger partial charge in [0.05, 0.1) is 5.02 Å². The standard InChI is InChI=1S/C29H28Cl2FN5O2/c1-36-7-3-5-17(36)14-39-29-34-27-21(28(35-29)37-13-16-9-18(37)12-33-16)11-23(31)25(26(27)32)20-10-19(38)8-15-4-2-6-22(30)24(15)20/h2,4,6,8,10-11,16-18,33,38H,3,5,7,9,12-14H2,1H3/t16-,17+,18-/m1/s1. The molecule has 7 rings (SSSR count). The Balaban J connectivity index is 1.41. The van der Waals surface area contributed by atoms with E-state index in [1.165, 1.54) is 6.07 Å². The summed E-state index contributed by atoms with van der Waals surface area (Å²) in [7, 11) is 2.08. The number of halogens is 3. The summed E-state index contributed by atoms with van der Waals surface area (Å²) in [5.74, 6) is 0.0252. The lowest BCUT2D eigenvalue weighted by atomic mass is 9.96. The molecule has 1 aromatic heterocycles. The Bertz CT molecular complexity index is 1620. The number of phenolic OH excluding ortho intramolecular Hbond substituents is 1. The Morgan fingerprint density at radius 1 is 1.18 bits per heavy atom. The van der Waals surface area contributed by atoms with Crippen molar-refractivity contribution in [2.45, 2.75) is 37.4 Å². The Morgan fingerprint density at radius 2 is 2.05 bits per heavy atom.